The van der Waals surface area contributed by atoms with Crippen molar-refractivity contribution in [3.8, 4) is 0 Å². The van der Waals surface area contributed by atoms with Crippen molar-refractivity contribution >= 4 is 32.5 Å². The highest BCUT2D eigenvalue weighted by atomic mass is 32.2. The van der Waals surface area contributed by atoms with Crippen LogP contribution in [0.25, 0.3) is 10.9 Å². The van der Waals surface area contributed by atoms with Gasteiger partial charge in [-0.25, -0.2) is 12.7 Å². The van der Waals surface area contributed by atoms with Crippen molar-refractivity contribution < 1.29 is 13.2 Å². The van der Waals surface area contributed by atoms with E-state index < -0.39 is 10.0 Å². The van der Waals surface area contributed by atoms with Crippen molar-refractivity contribution in [3.05, 3.63) is 39.7 Å². The van der Waals surface area contributed by atoms with E-state index in [1.165, 1.54) is 10.6 Å². The molecule has 0 aliphatic carbocycles. The zero-order valence-electron chi connectivity index (χ0n) is 15.8. The molecule has 0 saturated carbocycles. The monoisotopic (exact) mass is 391 g/mol. The third-order valence-corrected chi connectivity index (χ3v) is 6.62. The van der Waals surface area contributed by atoms with Crippen LogP contribution in [0.15, 0.2) is 23.0 Å². The molecule has 1 aromatic carbocycles. The van der Waals surface area contributed by atoms with E-state index in [4.69, 9.17) is 0 Å². The van der Waals surface area contributed by atoms with Crippen molar-refractivity contribution in [1.82, 2.24) is 9.29 Å². The summed E-state index contributed by atoms with van der Waals surface area (Å²) in [4.78, 5) is 27.6. The number of pyridine rings is 1. The number of amides is 1. The van der Waals surface area contributed by atoms with Gasteiger partial charge < -0.3 is 10.3 Å². The molecule has 7 nitrogen and oxygen atoms in total. The fourth-order valence-electron chi connectivity index (χ4n) is 3.70. The molecule has 0 unspecified atom stereocenters. The van der Waals surface area contributed by atoms with E-state index in [0.717, 1.165) is 16.5 Å². The molecule has 1 amide bonds. The number of hydrogen-bond acceptors (Lipinski definition) is 4. The van der Waals surface area contributed by atoms with Crippen LogP contribution in [0.2, 0.25) is 0 Å². The molecule has 8 heteroatoms. The quantitative estimate of drug-likeness (QED) is 0.833. The van der Waals surface area contributed by atoms with Gasteiger partial charge in [0, 0.05) is 35.6 Å². The molecule has 1 fully saturated rings. The van der Waals surface area contributed by atoms with Crippen LogP contribution in [-0.2, 0) is 21.2 Å². The molecule has 0 bridgehead atoms. The van der Waals surface area contributed by atoms with Gasteiger partial charge in [-0.15, -0.1) is 0 Å². The Kier molecular flexibility index (Phi) is 5.39. The van der Waals surface area contributed by atoms with Crippen LogP contribution in [0.1, 0.15) is 30.9 Å². The summed E-state index contributed by atoms with van der Waals surface area (Å²) in [7, 11) is -3.20. The largest absolute Gasteiger partial charge is 0.326 e. The molecular formula is C19H25N3O4S. The van der Waals surface area contributed by atoms with Crippen LogP contribution in [-0.4, -0.2) is 43.0 Å². The Morgan fingerprint density at radius 2 is 1.96 bits per heavy atom. The Morgan fingerprint density at radius 1 is 1.30 bits per heavy atom. The van der Waals surface area contributed by atoms with Crippen molar-refractivity contribution in [3.63, 3.8) is 0 Å². The fraction of sp³-hybridized carbons (Fsp3) is 0.474. The molecule has 2 N–H and O–H groups in total. The van der Waals surface area contributed by atoms with Crippen LogP contribution in [0.5, 0.6) is 0 Å². The number of sulfonamides is 1. The molecule has 1 aliphatic heterocycles. The van der Waals surface area contributed by atoms with E-state index >= 15 is 0 Å². The first-order chi connectivity index (χ1) is 12.7. The van der Waals surface area contributed by atoms with E-state index in [-0.39, 0.29) is 17.4 Å². The molecule has 0 spiro atoms. The molecule has 3 rings (SSSR count). The number of nitrogens with one attached hydrogen (secondary N) is 2. The van der Waals surface area contributed by atoms with E-state index in [0.29, 0.717) is 43.6 Å². The van der Waals surface area contributed by atoms with Crippen molar-refractivity contribution in [2.24, 2.45) is 5.92 Å². The fourth-order valence-corrected chi connectivity index (χ4v) is 4.58. The first kappa shape index (κ1) is 19.6. The third kappa shape index (κ3) is 4.06. The molecule has 2 aromatic rings. The lowest BCUT2D eigenvalue weighted by atomic mass is 9.97. The molecule has 1 aliphatic rings. The first-order valence-corrected chi connectivity index (χ1v) is 11.0. The molecule has 1 aromatic heterocycles. The Bertz CT molecular complexity index is 1030. The number of piperidine rings is 1. The average molecular weight is 391 g/mol. The number of hydrogen-bond donors (Lipinski definition) is 2. The summed E-state index contributed by atoms with van der Waals surface area (Å²) in [5.41, 5.74) is 2.95. The molecule has 27 heavy (non-hydrogen) atoms. The lowest BCUT2D eigenvalue weighted by Crippen LogP contribution is -2.40. The summed E-state index contributed by atoms with van der Waals surface area (Å²) in [5, 5.41) is 3.86. The van der Waals surface area contributed by atoms with Crippen molar-refractivity contribution in [1.29, 1.82) is 0 Å². The van der Waals surface area contributed by atoms with Gasteiger partial charge in [-0.2, -0.15) is 0 Å². The molecule has 2 heterocycles. The van der Waals surface area contributed by atoms with E-state index in [9.17, 15) is 18.0 Å². The second kappa shape index (κ2) is 7.44. The van der Waals surface area contributed by atoms with E-state index in [1.807, 2.05) is 26.0 Å². The number of carbonyl (C=O) groups excluding carboxylic acids is 1. The number of nitrogens with zero attached hydrogens (tertiary/aromatic N) is 1. The Balaban J connectivity index is 1.75. The summed E-state index contributed by atoms with van der Waals surface area (Å²) in [6.07, 6.45) is 2.86. The summed E-state index contributed by atoms with van der Waals surface area (Å²) in [6, 6.07) is 5.50. The van der Waals surface area contributed by atoms with Crippen LogP contribution < -0.4 is 10.9 Å². The van der Waals surface area contributed by atoms with E-state index in [2.05, 4.69) is 10.3 Å². The second-order valence-electron chi connectivity index (χ2n) is 7.10. The van der Waals surface area contributed by atoms with Gasteiger partial charge in [-0.05, 0) is 43.9 Å². The van der Waals surface area contributed by atoms with Crippen LogP contribution in [0.3, 0.4) is 0 Å². The smallest absolute Gasteiger partial charge is 0.251 e. The molecular weight excluding hydrogens is 366 g/mol. The number of H-pyrrole nitrogens is 1. The second-order valence-corrected chi connectivity index (χ2v) is 9.08. The summed E-state index contributed by atoms with van der Waals surface area (Å²) in [6.45, 7) is 4.61. The van der Waals surface area contributed by atoms with Gasteiger partial charge in [-0.1, -0.05) is 13.0 Å². The van der Waals surface area contributed by atoms with Gasteiger partial charge in [-0.3, -0.25) is 9.59 Å². The SMILES string of the molecule is CCc1c(C)c2ccc(NC(=O)C3CCN(S(C)(=O)=O)CC3)cc2[nH]c1=O. The first-order valence-electron chi connectivity index (χ1n) is 9.12. The number of benzene rings is 1. The number of fused-ring (bicyclic) bond motifs is 1. The Hall–Kier alpha value is -2.19. The Morgan fingerprint density at radius 3 is 2.56 bits per heavy atom. The van der Waals surface area contributed by atoms with Gasteiger partial charge in [0.1, 0.15) is 0 Å². The maximum Gasteiger partial charge on any atom is 0.251 e. The predicted molar refractivity (Wildman–Crippen MR) is 106 cm³/mol. The standard InChI is InChI=1S/C19H25N3O4S/c1-4-15-12(2)16-6-5-14(11-17(16)21-19(15)24)20-18(23)13-7-9-22(10-8-13)27(3,25)26/h5-6,11,13H,4,7-10H2,1-3H3,(H,20,23)(H,21,24). The highest BCUT2D eigenvalue weighted by Crippen LogP contribution is 2.24. The summed E-state index contributed by atoms with van der Waals surface area (Å²) < 4.78 is 24.6. The van der Waals surface area contributed by atoms with Crippen LogP contribution in [0.4, 0.5) is 5.69 Å². The average Bonchev–Trinajstić information content (AvgIpc) is 2.61. The molecule has 1 saturated heterocycles. The molecule has 0 atom stereocenters. The van der Waals surface area contributed by atoms with Crippen molar-refractivity contribution in [2.75, 3.05) is 24.7 Å². The van der Waals surface area contributed by atoms with E-state index in [1.54, 1.807) is 6.07 Å². The minimum Gasteiger partial charge on any atom is -0.326 e. The minimum atomic E-state index is -3.20. The maximum atomic E-state index is 12.5. The van der Waals surface area contributed by atoms with Crippen LogP contribution in [0, 0.1) is 12.8 Å². The van der Waals surface area contributed by atoms with Gasteiger partial charge in [0.15, 0.2) is 0 Å². The molecule has 146 valence electrons. The topological polar surface area (TPSA) is 99.3 Å². The van der Waals surface area contributed by atoms with Gasteiger partial charge >= 0.3 is 0 Å². The van der Waals surface area contributed by atoms with Gasteiger partial charge in [0.25, 0.3) is 5.56 Å². The number of carbonyl (C=O) groups is 1. The lowest BCUT2D eigenvalue weighted by Gasteiger charge is -2.29. The van der Waals surface area contributed by atoms with Crippen molar-refractivity contribution in [2.45, 2.75) is 33.1 Å². The predicted octanol–water partition coefficient (Wildman–Crippen LogP) is 2.01. The number of aryl methyl sites for hydroxylation is 1. The zero-order chi connectivity index (χ0) is 19.8. The molecule has 0 radical (unpaired) electrons. The Labute approximate surface area is 158 Å². The zero-order valence-corrected chi connectivity index (χ0v) is 16.6. The highest BCUT2D eigenvalue weighted by Gasteiger charge is 2.29. The normalized spacial score (nSPS) is 16.6. The van der Waals surface area contributed by atoms with Gasteiger partial charge in [0.2, 0.25) is 15.9 Å². The lowest BCUT2D eigenvalue weighted by molar-refractivity contribution is -0.120. The van der Waals surface area contributed by atoms with Crippen LogP contribution >= 0.6 is 0 Å². The minimum absolute atomic E-state index is 0.0980. The number of aromatic amines is 1. The van der Waals surface area contributed by atoms with Gasteiger partial charge in [0.05, 0.1) is 11.8 Å². The third-order valence-electron chi connectivity index (χ3n) is 5.31. The number of aromatic nitrogens is 1. The maximum absolute atomic E-state index is 12.5. The highest BCUT2D eigenvalue weighted by molar-refractivity contribution is 7.88. The summed E-state index contributed by atoms with van der Waals surface area (Å²) >= 11 is 0. The number of anilines is 1. The number of rotatable bonds is 4. The summed E-state index contributed by atoms with van der Waals surface area (Å²) in [5.74, 6) is -0.339.